The summed E-state index contributed by atoms with van der Waals surface area (Å²) < 4.78 is 0. The van der Waals surface area contributed by atoms with Gasteiger partial charge in [0.05, 0.1) is 17.8 Å². The molecule has 1 fully saturated rings. The molecular formula is C15H21N7O2S. The van der Waals surface area contributed by atoms with Gasteiger partial charge in [0.25, 0.3) is 0 Å². The molecule has 5 N–H and O–H groups in total. The van der Waals surface area contributed by atoms with Crippen molar-refractivity contribution in [2.75, 3.05) is 43.4 Å². The average molecular weight is 363 g/mol. The molecule has 3 heterocycles. The minimum absolute atomic E-state index is 0.0525. The Kier molecular flexibility index (Phi) is 5.41. The highest BCUT2D eigenvalue weighted by molar-refractivity contribution is 7.99. The van der Waals surface area contributed by atoms with Crippen molar-refractivity contribution in [2.45, 2.75) is 16.7 Å². The number of aliphatic hydroxyl groups is 1. The maximum absolute atomic E-state index is 11.3. The van der Waals surface area contributed by atoms with Crippen molar-refractivity contribution in [1.82, 2.24) is 19.9 Å². The molecule has 1 aliphatic rings. The first-order valence-electron chi connectivity index (χ1n) is 7.88. The molecule has 0 aromatic carbocycles. The van der Waals surface area contributed by atoms with Gasteiger partial charge in [-0.2, -0.15) is 0 Å². The number of aromatic nitrogens is 3. The van der Waals surface area contributed by atoms with Crippen LogP contribution in [0.2, 0.25) is 0 Å². The molecule has 0 radical (unpaired) electrons. The number of hydrogen-bond donors (Lipinski definition) is 4. The third-order valence-corrected chi connectivity index (χ3v) is 4.74. The number of carbonyl (C=O) groups is 1. The Bertz CT molecular complexity index is 743. The summed E-state index contributed by atoms with van der Waals surface area (Å²) in [5.41, 5.74) is 6.01. The molecule has 0 aliphatic carbocycles. The average Bonchev–Trinajstić information content (AvgIpc) is 3.03. The van der Waals surface area contributed by atoms with Gasteiger partial charge in [-0.3, -0.25) is 5.32 Å². The van der Waals surface area contributed by atoms with E-state index >= 15 is 0 Å². The molecule has 3 rings (SSSR count). The van der Waals surface area contributed by atoms with Crippen LogP contribution in [0.1, 0.15) is 5.69 Å². The first kappa shape index (κ1) is 17.5. The van der Waals surface area contributed by atoms with Gasteiger partial charge < -0.3 is 25.6 Å². The van der Waals surface area contributed by atoms with Gasteiger partial charge in [-0.15, -0.1) is 0 Å². The summed E-state index contributed by atoms with van der Waals surface area (Å²) in [6.07, 6.45) is 1.67. The number of aliphatic hydroxyl groups excluding tert-OH is 1. The summed E-state index contributed by atoms with van der Waals surface area (Å²) in [5, 5.41) is 13.1. The van der Waals surface area contributed by atoms with Crippen LogP contribution in [0.5, 0.6) is 0 Å². The SMILES string of the molecule is CN1CCN(c2ncc(Sc3ccc(CO)[nH]3)nc2NC(N)=O)CC1. The normalized spacial score (nSPS) is 15.4. The van der Waals surface area contributed by atoms with Gasteiger partial charge in [-0.1, -0.05) is 11.8 Å². The summed E-state index contributed by atoms with van der Waals surface area (Å²) in [5.74, 6) is 0.981. The lowest BCUT2D eigenvalue weighted by Gasteiger charge is -2.33. The standard InChI is InChI=1S/C15H21N7O2S/c1-21-4-6-22(7-5-21)14-13(20-15(16)24)19-12(8-17-14)25-11-3-2-10(9-23)18-11/h2-3,8,18,23H,4-7,9H2,1H3,(H3,16,19,20,24). The molecule has 2 amide bonds. The molecule has 10 heteroatoms. The van der Waals surface area contributed by atoms with Gasteiger partial charge >= 0.3 is 6.03 Å². The van der Waals surface area contributed by atoms with Gasteiger partial charge in [0.15, 0.2) is 11.6 Å². The highest BCUT2D eigenvalue weighted by atomic mass is 32.2. The number of nitrogens with zero attached hydrogens (tertiary/aromatic N) is 4. The van der Waals surface area contributed by atoms with Gasteiger partial charge in [-0.25, -0.2) is 14.8 Å². The number of urea groups is 1. The molecule has 1 aliphatic heterocycles. The van der Waals surface area contributed by atoms with Crippen molar-refractivity contribution >= 4 is 29.4 Å². The summed E-state index contributed by atoms with van der Waals surface area (Å²) >= 11 is 1.36. The minimum Gasteiger partial charge on any atom is -0.390 e. The molecule has 2 aromatic heterocycles. The van der Waals surface area contributed by atoms with Crippen molar-refractivity contribution < 1.29 is 9.90 Å². The predicted molar refractivity (Wildman–Crippen MR) is 95.8 cm³/mol. The summed E-state index contributed by atoms with van der Waals surface area (Å²) in [6.45, 7) is 3.40. The number of hydrogen-bond acceptors (Lipinski definition) is 7. The smallest absolute Gasteiger partial charge is 0.317 e. The summed E-state index contributed by atoms with van der Waals surface area (Å²) in [4.78, 5) is 27.7. The molecule has 2 aromatic rings. The molecule has 0 atom stereocenters. The number of piperazine rings is 1. The fourth-order valence-electron chi connectivity index (χ4n) is 2.55. The van der Waals surface area contributed by atoms with Crippen molar-refractivity contribution in [3.63, 3.8) is 0 Å². The lowest BCUT2D eigenvalue weighted by molar-refractivity contribution is 0.259. The van der Waals surface area contributed by atoms with E-state index in [9.17, 15) is 4.79 Å². The van der Waals surface area contributed by atoms with Crippen LogP contribution in [0.25, 0.3) is 0 Å². The summed E-state index contributed by atoms with van der Waals surface area (Å²) in [6, 6.07) is 2.99. The van der Waals surface area contributed by atoms with E-state index in [0.717, 1.165) is 36.9 Å². The molecule has 9 nitrogen and oxygen atoms in total. The van der Waals surface area contributed by atoms with Crippen LogP contribution in [0.3, 0.4) is 0 Å². The third-order valence-electron chi connectivity index (χ3n) is 3.88. The van der Waals surface area contributed by atoms with Crippen LogP contribution >= 0.6 is 11.8 Å². The largest absolute Gasteiger partial charge is 0.390 e. The highest BCUT2D eigenvalue weighted by Gasteiger charge is 2.20. The Labute approximate surface area is 149 Å². The van der Waals surface area contributed by atoms with E-state index in [1.165, 1.54) is 11.8 Å². The van der Waals surface area contributed by atoms with E-state index in [0.29, 0.717) is 16.7 Å². The number of rotatable bonds is 5. The number of anilines is 2. The zero-order valence-electron chi connectivity index (χ0n) is 13.9. The van der Waals surface area contributed by atoms with Gasteiger partial charge in [0, 0.05) is 31.9 Å². The van der Waals surface area contributed by atoms with Crippen molar-refractivity contribution in [1.29, 1.82) is 0 Å². The molecule has 1 saturated heterocycles. The number of nitrogens with one attached hydrogen (secondary N) is 2. The number of carbonyl (C=O) groups excluding carboxylic acids is 1. The third kappa shape index (κ3) is 4.41. The molecule has 0 unspecified atom stereocenters. The van der Waals surface area contributed by atoms with E-state index < -0.39 is 6.03 Å². The van der Waals surface area contributed by atoms with Crippen LogP contribution in [0.4, 0.5) is 16.4 Å². The topological polar surface area (TPSA) is 123 Å². The number of nitrogens with two attached hydrogens (primary N) is 1. The molecular weight excluding hydrogens is 342 g/mol. The van der Waals surface area contributed by atoms with Gasteiger partial charge in [0.2, 0.25) is 0 Å². The number of amides is 2. The van der Waals surface area contributed by atoms with Crippen LogP contribution < -0.4 is 16.0 Å². The maximum Gasteiger partial charge on any atom is 0.317 e. The van der Waals surface area contributed by atoms with Gasteiger partial charge in [-0.05, 0) is 19.2 Å². The zero-order chi connectivity index (χ0) is 17.8. The second-order valence-corrected chi connectivity index (χ2v) is 6.83. The highest BCUT2D eigenvalue weighted by Crippen LogP contribution is 2.29. The first-order chi connectivity index (χ1) is 12.0. The Morgan fingerprint density at radius 1 is 1.40 bits per heavy atom. The van der Waals surface area contributed by atoms with Crippen molar-refractivity contribution in [2.24, 2.45) is 5.73 Å². The minimum atomic E-state index is -0.672. The monoisotopic (exact) mass is 363 g/mol. The van der Waals surface area contributed by atoms with Gasteiger partial charge in [0.1, 0.15) is 5.03 Å². The molecule has 0 bridgehead atoms. The zero-order valence-corrected chi connectivity index (χ0v) is 14.7. The van der Waals surface area contributed by atoms with Crippen molar-refractivity contribution in [3.8, 4) is 0 Å². The Morgan fingerprint density at radius 2 is 2.16 bits per heavy atom. The number of likely N-dealkylation sites (N-methyl/N-ethyl adjacent to an activating group) is 1. The second kappa shape index (κ2) is 7.72. The predicted octanol–water partition coefficient (Wildman–Crippen LogP) is 0.691. The van der Waals surface area contributed by atoms with E-state index in [1.807, 2.05) is 6.07 Å². The van der Waals surface area contributed by atoms with Crippen LogP contribution in [-0.2, 0) is 6.61 Å². The lowest BCUT2D eigenvalue weighted by atomic mass is 10.3. The fourth-order valence-corrected chi connectivity index (χ4v) is 3.33. The van der Waals surface area contributed by atoms with Crippen molar-refractivity contribution in [3.05, 3.63) is 24.0 Å². The summed E-state index contributed by atoms with van der Waals surface area (Å²) in [7, 11) is 2.07. The number of primary amides is 1. The van der Waals surface area contributed by atoms with Crippen LogP contribution in [0.15, 0.2) is 28.4 Å². The fraction of sp³-hybridized carbons (Fsp3) is 0.400. The number of H-pyrrole nitrogens is 1. The quantitative estimate of drug-likeness (QED) is 0.616. The Morgan fingerprint density at radius 3 is 2.80 bits per heavy atom. The maximum atomic E-state index is 11.3. The lowest BCUT2D eigenvalue weighted by Crippen LogP contribution is -2.45. The number of aromatic amines is 1. The van der Waals surface area contributed by atoms with E-state index in [1.54, 1.807) is 12.3 Å². The van der Waals surface area contributed by atoms with Crippen LogP contribution in [0, 0.1) is 0 Å². The molecule has 134 valence electrons. The first-order valence-corrected chi connectivity index (χ1v) is 8.70. The van der Waals surface area contributed by atoms with E-state index in [-0.39, 0.29) is 6.61 Å². The Hall–Kier alpha value is -2.30. The Balaban J connectivity index is 1.82. The van der Waals surface area contributed by atoms with E-state index in [2.05, 4.69) is 37.1 Å². The molecule has 25 heavy (non-hydrogen) atoms. The second-order valence-electron chi connectivity index (χ2n) is 5.77. The van der Waals surface area contributed by atoms with Crippen LogP contribution in [-0.4, -0.2) is 64.2 Å². The molecule has 0 spiro atoms. The molecule has 0 saturated carbocycles. The van der Waals surface area contributed by atoms with E-state index in [4.69, 9.17) is 10.8 Å².